The Kier molecular flexibility index (Phi) is 6.75. The van der Waals surface area contributed by atoms with E-state index in [0.717, 1.165) is 11.1 Å². The molecule has 1 aromatic heterocycles. The molecule has 6 heteroatoms. The van der Waals surface area contributed by atoms with Crippen molar-refractivity contribution in [2.24, 2.45) is 10.7 Å². The van der Waals surface area contributed by atoms with Crippen LogP contribution >= 0.6 is 0 Å². The van der Waals surface area contributed by atoms with Crippen molar-refractivity contribution in [1.29, 1.82) is 0 Å². The fourth-order valence-electron chi connectivity index (χ4n) is 3.40. The quantitative estimate of drug-likeness (QED) is 0.475. The zero-order chi connectivity index (χ0) is 23.0. The topological polar surface area (TPSA) is 86.7 Å². The van der Waals surface area contributed by atoms with Gasteiger partial charge >= 0.3 is 0 Å². The molecule has 1 heterocycles. The fraction of sp³-hybridized carbons (Fsp3) is 0.0741. The highest BCUT2D eigenvalue weighted by Gasteiger charge is 2.10. The predicted molar refractivity (Wildman–Crippen MR) is 126 cm³/mol. The zero-order valence-corrected chi connectivity index (χ0v) is 17.9. The minimum absolute atomic E-state index is 0.185. The van der Waals surface area contributed by atoms with Crippen LogP contribution in [0.25, 0.3) is 0 Å². The minimum atomic E-state index is -0.556. The van der Waals surface area contributed by atoms with Crippen LogP contribution in [0.3, 0.4) is 0 Å². The number of carbonyl (C=O) groups is 2. The lowest BCUT2D eigenvalue weighted by molar-refractivity contribution is 0.0989. The molecule has 0 spiro atoms. The average molecular weight is 437 g/mol. The molecule has 0 fully saturated rings. The van der Waals surface area contributed by atoms with Crippen LogP contribution in [0.15, 0.2) is 108 Å². The number of hydrogen-bond donors (Lipinski definition) is 1. The number of nitrogens with zero attached hydrogens (tertiary/aromatic N) is 2. The monoisotopic (exact) mass is 437 g/mol. The molecule has 4 aromatic rings. The maximum atomic E-state index is 12.9. The Hall–Kier alpha value is -4.45. The van der Waals surface area contributed by atoms with E-state index in [-0.39, 0.29) is 12.5 Å². The Morgan fingerprint density at radius 3 is 2.36 bits per heavy atom. The van der Waals surface area contributed by atoms with Crippen LogP contribution in [-0.2, 0) is 13.2 Å². The van der Waals surface area contributed by atoms with Crippen molar-refractivity contribution in [1.82, 2.24) is 4.57 Å². The summed E-state index contributed by atoms with van der Waals surface area (Å²) in [6, 6.07) is 29.5. The highest BCUT2D eigenvalue weighted by Crippen LogP contribution is 2.19. The lowest BCUT2D eigenvalue weighted by atomic mass is 10.1. The molecule has 2 amide bonds. The number of amides is 2. The molecule has 0 unspecified atom stereocenters. The van der Waals surface area contributed by atoms with Gasteiger partial charge in [-0.05, 0) is 47.5 Å². The van der Waals surface area contributed by atoms with Gasteiger partial charge in [0.2, 0.25) is 0 Å². The van der Waals surface area contributed by atoms with Crippen molar-refractivity contribution in [3.8, 4) is 5.75 Å². The SMILES string of the molecule is NC(=O)c1ccccc1OCc1cccc(C(=O)N=c2ccccn2Cc2ccccc2)c1. The summed E-state index contributed by atoms with van der Waals surface area (Å²) < 4.78 is 7.71. The van der Waals surface area contributed by atoms with E-state index in [4.69, 9.17) is 10.5 Å². The van der Waals surface area contributed by atoms with E-state index in [2.05, 4.69) is 4.99 Å². The van der Waals surface area contributed by atoms with Crippen molar-refractivity contribution in [3.63, 3.8) is 0 Å². The summed E-state index contributed by atoms with van der Waals surface area (Å²) in [7, 11) is 0. The van der Waals surface area contributed by atoms with E-state index in [1.807, 2.05) is 65.4 Å². The molecule has 2 N–H and O–H groups in total. The summed E-state index contributed by atoms with van der Waals surface area (Å²) in [6.45, 7) is 0.797. The second-order valence-electron chi connectivity index (χ2n) is 7.44. The largest absolute Gasteiger partial charge is 0.488 e. The molecule has 0 saturated carbocycles. The van der Waals surface area contributed by atoms with Gasteiger partial charge in [0.25, 0.3) is 11.8 Å². The standard InChI is InChI=1S/C27H23N3O3/c28-26(31)23-13-4-5-14-24(23)33-19-21-11-8-12-22(17-21)27(32)29-25-15-6-7-16-30(25)18-20-9-2-1-3-10-20/h1-17H,18-19H2,(H2,28,31). The van der Waals surface area contributed by atoms with Gasteiger partial charge in [-0.25, -0.2) is 0 Å². The highest BCUT2D eigenvalue weighted by atomic mass is 16.5. The van der Waals surface area contributed by atoms with Crippen LogP contribution in [0.2, 0.25) is 0 Å². The Bertz CT molecular complexity index is 1340. The van der Waals surface area contributed by atoms with Crippen LogP contribution in [0, 0.1) is 0 Å². The third-order valence-electron chi connectivity index (χ3n) is 5.05. The molecule has 3 aromatic carbocycles. The number of para-hydroxylation sites is 1. The zero-order valence-electron chi connectivity index (χ0n) is 17.9. The molecule has 33 heavy (non-hydrogen) atoms. The normalized spacial score (nSPS) is 11.2. The number of primary amides is 1. The van der Waals surface area contributed by atoms with Crippen molar-refractivity contribution >= 4 is 11.8 Å². The lowest BCUT2D eigenvalue weighted by Gasteiger charge is -2.10. The Morgan fingerprint density at radius 1 is 0.818 bits per heavy atom. The maximum absolute atomic E-state index is 12.9. The molecular formula is C27H23N3O3. The van der Waals surface area contributed by atoms with Crippen LogP contribution < -0.4 is 16.0 Å². The molecule has 0 atom stereocenters. The maximum Gasteiger partial charge on any atom is 0.278 e. The first kappa shape index (κ1) is 21.8. The second kappa shape index (κ2) is 10.2. The van der Waals surface area contributed by atoms with Crippen LogP contribution in [-0.4, -0.2) is 16.4 Å². The Morgan fingerprint density at radius 2 is 1.55 bits per heavy atom. The van der Waals surface area contributed by atoms with E-state index in [9.17, 15) is 9.59 Å². The number of ether oxygens (including phenoxy) is 1. The van der Waals surface area contributed by atoms with Gasteiger partial charge in [-0.2, -0.15) is 4.99 Å². The first-order chi connectivity index (χ1) is 16.1. The second-order valence-corrected chi connectivity index (χ2v) is 7.44. The third kappa shape index (κ3) is 5.62. The summed E-state index contributed by atoms with van der Waals surface area (Å²) in [6.07, 6.45) is 1.90. The van der Waals surface area contributed by atoms with Crippen LogP contribution in [0.1, 0.15) is 31.8 Å². The molecule has 164 valence electrons. The minimum Gasteiger partial charge on any atom is -0.488 e. The van der Waals surface area contributed by atoms with Gasteiger partial charge in [0.15, 0.2) is 0 Å². The highest BCUT2D eigenvalue weighted by molar-refractivity contribution is 5.96. The molecule has 0 radical (unpaired) electrons. The lowest BCUT2D eigenvalue weighted by Crippen LogP contribution is -2.22. The van der Waals surface area contributed by atoms with Gasteiger partial charge in [0.05, 0.1) is 5.56 Å². The van der Waals surface area contributed by atoms with Gasteiger partial charge in [0, 0.05) is 18.3 Å². The van der Waals surface area contributed by atoms with Gasteiger partial charge in [-0.1, -0.05) is 60.7 Å². The van der Waals surface area contributed by atoms with E-state index < -0.39 is 5.91 Å². The number of nitrogens with two attached hydrogens (primary N) is 1. The Labute approximate surface area is 191 Å². The number of pyridine rings is 1. The van der Waals surface area contributed by atoms with E-state index in [1.54, 1.807) is 42.5 Å². The third-order valence-corrected chi connectivity index (χ3v) is 5.05. The fourth-order valence-corrected chi connectivity index (χ4v) is 3.40. The van der Waals surface area contributed by atoms with Crippen molar-refractivity contribution in [3.05, 3.63) is 131 Å². The summed E-state index contributed by atoms with van der Waals surface area (Å²) in [5.74, 6) is -0.500. The van der Waals surface area contributed by atoms with Crippen molar-refractivity contribution in [2.45, 2.75) is 13.2 Å². The van der Waals surface area contributed by atoms with Crippen LogP contribution in [0.5, 0.6) is 5.75 Å². The molecular weight excluding hydrogens is 414 g/mol. The van der Waals surface area contributed by atoms with Crippen molar-refractivity contribution in [2.75, 3.05) is 0 Å². The van der Waals surface area contributed by atoms with Gasteiger partial charge in [0.1, 0.15) is 17.8 Å². The summed E-state index contributed by atoms with van der Waals surface area (Å²) in [5.41, 5.74) is 8.64. The molecule has 0 aliphatic carbocycles. The molecule has 4 rings (SSSR count). The number of rotatable bonds is 7. The first-order valence-electron chi connectivity index (χ1n) is 10.5. The number of hydrogen-bond acceptors (Lipinski definition) is 3. The van der Waals surface area contributed by atoms with Crippen molar-refractivity contribution < 1.29 is 14.3 Å². The summed E-state index contributed by atoms with van der Waals surface area (Å²) in [4.78, 5) is 28.8. The Balaban J connectivity index is 1.53. The molecule has 0 aliphatic rings. The summed E-state index contributed by atoms with van der Waals surface area (Å²) >= 11 is 0. The predicted octanol–water partition coefficient (Wildman–Crippen LogP) is 3.96. The molecule has 0 bridgehead atoms. The molecule has 6 nitrogen and oxygen atoms in total. The van der Waals surface area contributed by atoms with E-state index in [0.29, 0.717) is 28.9 Å². The smallest absolute Gasteiger partial charge is 0.278 e. The number of aromatic nitrogens is 1. The number of benzene rings is 3. The van der Waals surface area contributed by atoms with E-state index >= 15 is 0 Å². The van der Waals surface area contributed by atoms with Gasteiger partial charge in [-0.3, -0.25) is 9.59 Å². The van der Waals surface area contributed by atoms with Gasteiger partial charge < -0.3 is 15.0 Å². The summed E-state index contributed by atoms with van der Waals surface area (Å²) in [5, 5.41) is 0. The van der Waals surface area contributed by atoms with E-state index in [1.165, 1.54) is 0 Å². The first-order valence-corrected chi connectivity index (χ1v) is 10.5. The van der Waals surface area contributed by atoms with Crippen LogP contribution in [0.4, 0.5) is 0 Å². The molecule has 0 aliphatic heterocycles. The van der Waals surface area contributed by atoms with Gasteiger partial charge in [-0.15, -0.1) is 0 Å². The number of carbonyl (C=O) groups excluding carboxylic acids is 2. The molecule has 0 saturated heterocycles. The average Bonchev–Trinajstić information content (AvgIpc) is 2.85.